The van der Waals surface area contributed by atoms with Gasteiger partial charge in [0.2, 0.25) is 0 Å². The highest BCUT2D eigenvalue weighted by atomic mass is 16.6. The van der Waals surface area contributed by atoms with Crippen molar-refractivity contribution in [3.05, 3.63) is 28.3 Å². The van der Waals surface area contributed by atoms with Crippen LogP contribution in [-0.4, -0.2) is 30.5 Å². The quantitative estimate of drug-likeness (QED) is 0.484. The van der Waals surface area contributed by atoms with Gasteiger partial charge in [-0.2, -0.15) is 0 Å². The molecular weight excluding hydrogens is 280 g/mol. The average molecular weight is 294 g/mol. The summed E-state index contributed by atoms with van der Waals surface area (Å²) in [6, 6.07) is 4.04. The summed E-state index contributed by atoms with van der Waals surface area (Å²) in [7, 11) is 1.38. The highest BCUT2D eigenvalue weighted by Crippen LogP contribution is 2.30. The fraction of sp³-hybridized carbons (Fsp3) is 0.385. The number of nitrogens with one attached hydrogen (secondary N) is 1. The maximum atomic E-state index is 11.6. The fourth-order valence-electron chi connectivity index (χ4n) is 1.66. The van der Waals surface area contributed by atoms with E-state index in [2.05, 4.69) is 5.32 Å². The number of hydrogen-bond donors (Lipinski definition) is 1. The number of carbonyl (C=O) groups excluding carboxylic acids is 2. The van der Waals surface area contributed by atoms with Crippen LogP contribution in [0.4, 0.5) is 11.4 Å². The van der Waals surface area contributed by atoms with Crippen molar-refractivity contribution >= 4 is 23.3 Å². The third-order valence-electron chi connectivity index (χ3n) is 2.93. The zero-order valence-electron chi connectivity index (χ0n) is 11.3. The molecular formula is C13H14N2O6. The molecule has 1 aromatic rings. The minimum Gasteiger partial charge on any atom is -0.496 e. The lowest BCUT2D eigenvalue weighted by Crippen LogP contribution is -2.21. The van der Waals surface area contributed by atoms with E-state index >= 15 is 0 Å². The molecule has 1 aliphatic carbocycles. The van der Waals surface area contributed by atoms with Crippen LogP contribution >= 0.6 is 0 Å². The Morgan fingerprint density at radius 1 is 1.43 bits per heavy atom. The summed E-state index contributed by atoms with van der Waals surface area (Å²) in [6.45, 7) is -0.460. The minimum atomic E-state index is -0.631. The lowest BCUT2D eigenvalue weighted by molar-refractivity contribution is -0.384. The van der Waals surface area contributed by atoms with Crippen LogP contribution in [0.5, 0.6) is 5.75 Å². The molecule has 8 nitrogen and oxygen atoms in total. The van der Waals surface area contributed by atoms with Crippen LogP contribution < -0.4 is 10.1 Å². The smallest absolute Gasteiger partial charge is 0.309 e. The van der Waals surface area contributed by atoms with Gasteiger partial charge in [0.05, 0.1) is 24.0 Å². The number of benzene rings is 1. The molecule has 8 heteroatoms. The Balaban J connectivity index is 1.98. The molecule has 0 saturated heterocycles. The topological polar surface area (TPSA) is 108 Å². The first kappa shape index (κ1) is 14.8. The van der Waals surface area contributed by atoms with Crippen molar-refractivity contribution in [2.75, 3.05) is 19.0 Å². The lowest BCUT2D eigenvalue weighted by Gasteiger charge is -2.08. The summed E-state index contributed by atoms with van der Waals surface area (Å²) in [4.78, 5) is 33.3. The van der Waals surface area contributed by atoms with Gasteiger partial charge in [0.25, 0.3) is 11.6 Å². The highest BCUT2D eigenvalue weighted by Gasteiger charge is 2.31. The maximum Gasteiger partial charge on any atom is 0.309 e. The summed E-state index contributed by atoms with van der Waals surface area (Å²) >= 11 is 0. The van der Waals surface area contributed by atoms with Gasteiger partial charge in [-0.05, 0) is 25.0 Å². The van der Waals surface area contributed by atoms with Crippen molar-refractivity contribution in [2.45, 2.75) is 12.8 Å². The van der Waals surface area contributed by atoms with Crippen LogP contribution in [0, 0.1) is 16.0 Å². The fourth-order valence-corrected chi connectivity index (χ4v) is 1.66. The number of ether oxygens (including phenoxy) is 2. The summed E-state index contributed by atoms with van der Waals surface area (Å²) in [5, 5.41) is 13.3. The Labute approximate surface area is 120 Å². The molecule has 0 atom stereocenters. The molecule has 1 saturated carbocycles. The second-order valence-corrected chi connectivity index (χ2v) is 4.57. The van der Waals surface area contributed by atoms with E-state index in [1.807, 2.05) is 0 Å². The Hall–Kier alpha value is -2.64. The second kappa shape index (κ2) is 6.21. The Bertz CT molecular complexity index is 582. The molecule has 0 radical (unpaired) electrons. The standard InChI is InChI=1S/C13H14N2O6/c1-20-9-4-5-10(11(6-9)15(18)19)14-12(16)7-21-13(17)8-2-3-8/h4-6,8H,2-3,7H2,1H3,(H,14,16). The third kappa shape index (κ3) is 3.91. The van der Waals surface area contributed by atoms with Gasteiger partial charge < -0.3 is 14.8 Å². The molecule has 21 heavy (non-hydrogen) atoms. The molecule has 1 aliphatic rings. The monoisotopic (exact) mass is 294 g/mol. The zero-order chi connectivity index (χ0) is 15.4. The molecule has 1 N–H and O–H groups in total. The van der Waals surface area contributed by atoms with Crippen molar-refractivity contribution in [3.8, 4) is 5.75 Å². The lowest BCUT2D eigenvalue weighted by atomic mass is 10.2. The summed E-state index contributed by atoms with van der Waals surface area (Å²) < 4.78 is 9.69. The molecule has 1 aromatic carbocycles. The van der Waals surface area contributed by atoms with Crippen LogP contribution in [0.25, 0.3) is 0 Å². The number of amides is 1. The number of hydrogen-bond acceptors (Lipinski definition) is 6. The minimum absolute atomic E-state index is 0.0215. The third-order valence-corrected chi connectivity index (χ3v) is 2.93. The number of esters is 1. The van der Waals surface area contributed by atoms with Gasteiger partial charge in [-0.15, -0.1) is 0 Å². The Morgan fingerprint density at radius 2 is 2.14 bits per heavy atom. The predicted molar refractivity (Wildman–Crippen MR) is 72.0 cm³/mol. The molecule has 0 spiro atoms. The summed E-state index contributed by atoms with van der Waals surface area (Å²) in [5.41, 5.74) is -0.274. The van der Waals surface area contributed by atoms with Crippen LogP contribution in [0.15, 0.2) is 18.2 Å². The van der Waals surface area contributed by atoms with E-state index in [1.165, 1.54) is 25.3 Å². The van der Waals surface area contributed by atoms with Crippen LogP contribution in [-0.2, 0) is 14.3 Å². The normalized spacial score (nSPS) is 13.4. The molecule has 1 fully saturated rings. The number of nitro groups is 1. The molecule has 0 bridgehead atoms. The number of methoxy groups -OCH3 is 1. The molecule has 0 aliphatic heterocycles. The number of rotatable bonds is 6. The number of anilines is 1. The van der Waals surface area contributed by atoms with Gasteiger partial charge in [0, 0.05) is 0 Å². The van der Waals surface area contributed by atoms with E-state index < -0.39 is 23.4 Å². The van der Waals surface area contributed by atoms with Gasteiger partial charge in [-0.1, -0.05) is 0 Å². The SMILES string of the molecule is COc1ccc(NC(=O)COC(=O)C2CC2)c([N+](=O)[O-])c1. The first-order valence-corrected chi connectivity index (χ1v) is 6.30. The molecule has 0 unspecified atom stereocenters. The van der Waals surface area contributed by atoms with Gasteiger partial charge in [0.1, 0.15) is 11.4 Å². The molecule has 0 aromatic heterocycles. The van der Waals surface area contributed by atoms with E-state index in [0.29, 0.717) is 5.75 Å². The van der Waals surface area contributed by atoms with Crippen molar-refractivity contribution in [1.29, 1.82) is 0 Å². The number of carbonyl (C=O) groups is 2. The maximum absolute atomic E-state index is 11.6. The van der Waals surface area contributed by atoms with Gasteiger partial charge >= 0.3 is 5.97 Å². The average Bonchev–Trinajstić information content (AvgIpc) is 3.29. The van der Waals surface area contributed by atoms with E-state index in [0.717, 1.165) is 12.8 Å². The highest BCUT2D eigenvalue weighted by molar-refractivity contribution is 5.95. The van der Waals surface area contributed by atoms with Crippen LogP contribution in [0.3, 0.4) is 0 Å². The Morgan fingerprint density at radius 3 is 2.71 bits per heavy atom. The van der Waals surface area contributed by atoms with Gasteiger partial charge in [-0.25, -0.2) is 0 Å². The number of nitro benzene ring substituents is 1. The first-order valence-electron chi connectivity index (χ1n) is 6.30. The van der Waals surface area contributed by atoms with Crippen molar-refractivity contribution in [3.63, 3.8) is 0 Å². The predicted octanol–water partition coefficient (Wildman–Crippen LogP) is 1.50. The molecule has 0 heterocycles. The number of nitrogens with zero attached hydrogens (tertiary/aromatic N) is 1. The summed E-state index contributed by atoms with van der Waals surface area (Å²) in [5.74, 6) is -0.834. The molecule has 2 rings (SSSR count). The van der Waals surface area contributed by atoms with E-state index in [1.54, 1.807) is 0 Å². The van der Waals surface area contributed by atoms with Crippen molar-refractivity contribution in [1.82, 2.24) is 0 Å². The van der Waals surface area contributed by atoms with E-state index in [9.17, 15) is 19.7 Å². The van der Waals surface area contributed by atoms with Crippen molar-refractivity contribution < 1.29 is 24.0 Å². The van der Waals surface area contributed by atoms with E-state index in [4.69, 9.17) is 9.47 Å². The first-order chi connectivity index (χ1) is 10.0. The molecule has 1 amide bonds. The summed E-state index contributed by atoms with van der Waals surface area (Å²) in [6.07, 6.45) is 1.56. The molecule has 112 valence electrons. The van der Waals surface area contributed by atoms with E-state index in [-0.39, 0.29) is 17.3 Å². The van der Waals surface area contributed by atoms with Gasteiger partial charge in [-0.3, -0.25) is 19.7 Å². The van der Waals surface area contributed by atoms with Crippen LogP contribution in [0.2, 0.25) is 0 Å². The zero-order valence-corrected chi connectivity index (χ0v) is 11.3. The van der Waals surface area contributed by atoms with Gasteiger partial charge in [0.15, 0.2) is 6.61 Å². The second-order valence-electron chi connectivity index (χ2n) is 4.57. The Kier molecular flexibility index (Phi) is 4.36. The van der Waals surface area contributed by atoms with Crippen molar-refractivity contribution in [2.24, 2.45) is 5.92 Å². The largest absolute Gasteiger partial charge is 0.496 e. The van der Waals surface area contributed by atoms with Crippen LogP contribution in [0.1, 0.15) is 12.8 Å².